The Hall–Kier alpha value is -3.26. The summed E-state index contributed by atoms with van der Waals surface area (Å²) in [6.07, 6.45) is -6.62. The molecule has 0 radical (unpaired) electrons. The second-order valence-corrected chi connectivity index (χ2v) is 7.45. The summed E-state index contributed by atoms with van der Waals surface area (Å²) in [5, 5.41) is 12.3. The van der Waals surface area contributed by atoms with E-state index in [1.54, 1.807) is 0 Å². The van der Waals surface area contributed by atoms with Crippen molar-refractivity contribution in [3.8, 4) is 0 Å². The van der Waals surface area contributed by atoms with Crippen LogP contribution in [0.1, 0.15) is 41.0 Å². The van der Waals surface area contributed by atoms with Gasteiger partial charge >= 0.3 is 29.8 Å². The summed E-state index contributed by atoms with van der Waals surface area (Å²) in [4.78, 5) is 70.8. The smallest absolute Gasteiger partial charge is 0.364 e. The van der Waals surface area contributed by atoms with Gasteiger partial charge in [-0.25, -0.2) is 4.79 Å². The minimum absolute atomic E-state index is 0.547. The van der Waals surface area contributed by atoms with Crippen molar-refractivity contribution in [3.05, 3.63) is 0 Å². The lowest BCUT2D eigenvalue weighted by atomic mass is 9.88. The van der Waals surface area contributed by atoms with Gasteiger partial charge in [0.25, 0.3) is 5.79 Å². The summed E-state index contributed by atoms with van der Waals surface area (Å²) in [6.45, 7) is 4.74. The van der Waals surface area contributed by atoms with Crippen molar-refractivity contribution in [2.75, 3.05) is 13.7 Å². The molecular formula is C20H29NO13. The van der Waals surface area contributed by atoms with Crippen LogP contribution in [0.5, 0.6) is 0 Å². The van der Waals surface area contributed by atoms with Crippen molar-refractivity contribution in [2.24, 2.45) is 0 Å². The number of aliphatic carboxylic acids is 1. The lowest BCUT2D eigenvalue weighted by molar-refractivity contribution is -0.306. The highest BCUT2D eigenvalue weighted by atomic mass is 16.7. The normalized spacial score (nSPS) is 25.8. The van der Waals surface area contributed by atoms with E-state index in [4.69, 9.17) is 28.4 Å². The Bertz CT molecular complexity index is 812. The first-order chi connectivity index (χ1) is 15.7. The average molecular weight is 491 g/mol. The van der Waals surface area contributed by atoms with E-state index in [2.05, 4.69) is 5.32 Å². The van der Waals surface area contributed by atoms with Gasteiger partial charge in [-0.15, -0.1) is 0 Å². The Morgan fingerprint density at radius 3 is 1.97 bits per heavy atom. The zero-order valence-electron chi connectivity index (χ0n) is 19.6. The molecule has 1 heterocycles. The van der Waals surface area contributed by atoms with Crippen LogP contribution in [0.15, 0.2) is 0 Å². The minimum atomic E-state index is -2.40. The fourth-order valence-electron chi connectivity index (χ4n) is 3.47. The van der Waals surface area contributed by atoms with Crippen LogP contribution in [-0.2, 0) is 57.2 Å². The number of carbonyl (C=O) groups excluding carboxylic acids is 5. The van der Waals surface area contributed by atoms with Crippen LogP contribution < -0.4 is 5.32 Å². The van der Waals surface area contributed by atoms with E-state index in [-0.39, 0.29) is 0 Å². The SMILES string of the molecule is CO[C@@]1(C(=O)O)C[C@H](OC(C)=O)[C@@H](NC(C)=O)[C@H]([C@H](OC(C)=O)[C@@H](COC(C)=O)OC(C)=O)O1. The van der Waals surface area contributed by atoms with E-state index in [1.807, 2.05) is 0 Å². The maximum absolute atomic E-state index is 12.1. The number of ether oxygens (including phenoxy) is 6. The number of carboxylic acid groups (broad SMARTS) is 1. The molecule has 192 valence electrons. The molecular weight excluding hydrogens is 462 g/mol. The molecule has 1 aliphatic heterocycles. The van der Waals surface area contributed by atoms with Crippen molar-refractivity contribution < 1.29 is 62.3 Å². The summed E-state index contributed by atoms with van der Waals surface area (Å²) in [6, 6.07) is -1.29. The molecule has 14 heteroatoms. The number of hydrogen-bond donors (Lipinski definition) is 2. The number of nitrogens with one attached hydrogen (secondary N) is 1. The molecule has 1 fully saturated rings. The lowest BCUT2D eigenvalue weighted by Crippen LogP contribution is -2.69. The van der Waals surface area contributed by atoms with Gasteiger partial charge in [0.05, 0.1) is 12.5 Å². The summed E-state index contributed by atoms with van der Waals surface area (Å²) in [7, 11) is 1.03. The van der Waals surface area contributed by atoms with Gasteiger partial charge in [-0.05, 0) is 0 Å². The number of rotatable bonds is 10. The first-order valence-corrected chi connectivity index (χ1v) is 10.1. The van der Waals surface area contributed by atoms with E-state index in [1.165, 1.54) is 0 Å². The molecule has 0 saturated carbocycles. The second kappa shape index (κ2) is 12.3. The van der Waals surface area contributed by atoms with E-state index in [0.717, 1.165) is 41.7 Å². The summed E-state index contributed by atoms with van der Waals surface area (Å²) in [5.74, 6) is -7.95. The molecule has 0 aromatic heterocycles. The molecule has 0 bridgehead atoms. The molecule has 0 spiro atoms. The van der Waals surface area contributed by atoms with Crippen molar-refractivity contribution in [1.82, 2.24) is 5.32 Å². The summed E-state index contributed by atoms with van der Waals surface area (Å²) in [5.41, 5.74) is 0. The monoisotopic (exact) mass is 491 g/mol. The molecule has 0 aromatic rings. The number of amides is 1. The summed E-state index contributed by atoms with van der Waals surface area (Å²) < 4.78 is 31.4. The van der Waals surface area contributed by atoms with Crippen LogP contribution in [0.4, 0.5) is 0 Å². The molecule has 34 heavy (non-hydrogen) atoms. The second-order valence-electron chi connectivity index (χ2n) is 7.45. The molecule has 2 N–H and O–H groups in total. The number of carboxylic acids is 1. The Balaban J connectivity index is 3.67. The van der Waals surface area contributed by atoms with Crippen LogP contribution in [0.3, 0.4) is 0 Å². The maximum atomic E-state index is 12.1. The van der Waals surface area contributed by atoms with E-state index < -0.39 is 85.0 Å². The zero-order valence-corrected chi connectivity index (χ0v) is 19.6. The predicted octanol–water partition coefficient (Wildman–Crippen LogP) is -0.934. The van der Waals surface area contributed by atoms with Gasteiger partial charge in [0, 0.05) is 41.7 Å². The van der Waals surface area contributed by atoms with E-state index >= 15 is 0 Å². The zero-order chi connectivity index (χ0) is 26.2. The number of methoxy groups -OCH3 is 1. The average Bonchev–Trinajstić information content (AvgIpc) is 2.69. The highest BCUT2D eigenvalue weighted by Gasteiger charge is 2.58. The summed E-state index contributed by atoms with van der Waals surface area (Å²) >= 11 is 0. The van der Waals surface area contributed by atoms with E-state index in [9.17, 15) is 33.9 Å². The molecule has 6 atom stereocenters. The standard InChI is InChI=1S/C20H29NO13/c1-9(22)21-16-14(31-11(3)24)7-20(29-6,19(27)28)34-18(16)17(33-13(5)26)15(32-12(4)25)8-30-10(2)23/h14-18H,7-8H2,1-6H3,(H,21,22)(H,27,28)/t14-,15+,16+,17+,18+,20-/m0/s1. The molecule has 1 aliphatic rings. The minimum Gasteiger partial charge on any atom is -0.477 e. The first kappa shape index (κ1) is 28.8. The fourth-order valence-corrected chi connectivity index (χ4v) is 3.47. The maximum Gasteiger partial charge on any atom is 0.364 e. The molecule has 0 aromatic carbocycles. The third-order valence-electron chi connectivity index (χ3n) is 4.65. The number of hydrogen-bond acceptors (Lipinski definition) is 12. The molecule has 1 rings (SSSR count). The molecule has 0 aliphatic carbocycles. The quantitative estimate of drug-likeness (QED) is 0.282. The number of carbonyl (C=O) groups is 6. The van der Waals surface area contributed by atoms with Crippen LogP contribution in [0.25, 0.3) is 0 Å². The van der Waals surface area contributed by atoms with Crippen LogP contribution >= 0.6 is 0 Å². The molecule has 14 nitrogen and oxygen atoms in total. The highest BCUT2D eigenvalue weighted by molar-refractivity contribution is 5.77. The van der Waals surface area contributed by atoms with Gasteiger partial charge in [-0.1, -0.05) is 0 Å². The Labute approximate surface area is 195 Å². The molecule has 1 amide bonds. The Kier molecular flexibility index (Phi) is 10.4. The van der Waals surface area contributed by atoms with Gasteiger partial charge in [0.15, 0.2) is 12.2 Å². The highest BCUT2D eigenvalue weighted by Crippen LogP contribution is 2.36. The number of esters is 4. The van der Waals surface area contributed by atoms with E-state index in [0.29, 0.717) is 0 Å². The van der Waals surface area contributed by atoms with Gasteiger partial charge in [-0.3, -0.25) is 24.0 Å². The van der Waals surface area contributed by atoms with Crippen molar-refractivity contribution in [3.63, 3.8) is 0 Å². The lowest BCUT2D eigenvalue weighted by Gasteiger charge is -2.47. The Morgan fingerprint density at radius 1 is 0.971 bits per heavy atom. The first-order valence-electron chi connectivity index (χ1n) is 10.1. The van der Waals surface area contributed by atoms with Gasteiger partial charge in [0.1, 0.15) is 18.8 Å². The van der Waals surface area contributed by atoms with Crippen LogP contribution in [0, 0.1) is 0 Å². The van der Waals surface area contributed by atoms with Crippen molar-refractivity contribution in [1.29, 1.82) is 0 Å². The predicted molar refractivity (Wildman–Crippen MR) is 108 cm³/mol. The Morgan fingerprint density at radius 2 is 1.56 bits per heavy atom. The van der Waals surface area contributed by atoms with Crippen LogP contribution in [0.2, 0.25) is 0 Å². The fraction of sp³-hybridized carbons (Fsp3) is 0.700. The third kappa shape index (κ3) is 7.95. The van der Waals surface area contributed by atoms with Crippen LogP contribution in [-0.4, -0.2) is 90.8 Å². The molecule has 1 saturated heterocycles. The molecule has 0 unspecified atom stereocenters. The van der Waals surface area contributed by atoms with Gasteiger partial charge in [0.2, 0.25) is 5.91 Å². The van der Waals surface area contributed by atoms with Gasteiger partial charge < -0.3 is 38.8 Å². The van der Waals surface area contributed by atoms with Gasteiger partial charge in [-0.2, -0.15) is 0 Å². The third-order valence-corrected chi connectivity index (χ3v) is 4.65. The largest absolute Gasteiger partial charge is 0.477 e. The topological polar surface area (TPSA) is 190 Å². The van der Waals surface area contributed by atoms with Crippen molar-refractivity contribution in [2.45, 2.75) is 77.3 Å². The van der Waals surface area contributed by atoms with Crippen molar-refractivity contribution >= 4 is 35.8 Å².